The molecule has 4 heteroatoms. The fourth-order valence-electron chi connectivity index (χ4n) is 2.81. The van der Waals surface area contributed by atoms with Gasteiger partial charge >= 0.3 is 0 Å². The van der Waals surface area contributed by atoms with Crippen molar-refractivity contribution in [1.82, 2.24) is 9.78 Å². The van der Waals surface area contributed by atoms with E-state index in [1.54, 1.807) is 0 Å². The van der Waals surface area contributed by atoms with Crippen LogP contribution in [-0.4, -0.2) is 9.78 Å². The van der Waals surface area contributed by atoms with Crippen LogP contribution in [-0.2, 0) is 0 Å². The molecule has 2 rings (SSSR count). The zero-order chi connectivity index (χ0) is 11.9. The first-order valence-corrected chi connectivity index (χ1v) is 6.38. The van der Waals surface area contributed by atoms with E-state index in [9.17, 15) is 0 Å². The molecular weight excluding hydrogens is 222 g/mol. The van der Waals surface area contributed by atoms with E-state index in [0.717, 1.165) is 18.0 Å². The molecule has 1 fully saturated rings. The molecule has 0 spiro atoms. The molecule has 16 heavy (non-hydrogen) atoms. The minimum atomic E-state index is 0.419. The molecule has 1 heterocycles. The van der Waals surface area contributed by atoms with E-state index >= 15 is 0 Å². The van der Waals surface area contributed by atoms with Gasteiger partial charge in [0.2, 0.25) is 0 Å². The predicted octanol–water partition coefficient (Wildman–Crippen LogP) is 3.42. The molecule has 1 aliphatic carbocycles. The van der Waals surface area contributed by atoms with Gasteiger partial charge in [-0.3, -0.25) is 0 Å². The number of anilines is 1. The van der Waals surface area contributed by atoms with Crippen molar-refractivity contribution in [2.24, 2.45) is 11.8 Å². The van der Waals surface area contributed by atoms with Gasteiger partial charge in [0.05, 0.1) is 11.7 Å². The van der Waals surface area contributed by atoms with Crippen LogP contribution in [0.1, 0.15) is 44.8 Å². The summed E-state index contributed by atoms with van der Waals surface area (Å²) in [6.45, 7) is 6.51. The Balaban J connectivity index is 2.27. The van der Waals surface area contributed by atoms with Gasteiger partial charge in [-0.2, -0.15) is 5.10 Å². The van der Waals surface area contributed by atoms with Crippen LogP contribution >= 0.6 is 11.6 Å². The third-order valence-corrected chi connectivity index (χ3v) is 4.21. The molecule has 2 N–H and O–H groups in total. The predicted molar refractivity (Wildman–Crippen MR) is 67.6 cm³/mol. The number of halogens is 1. The van der Waals surface area contributed by atoms with E-state index in [-0.39, 0.29) is 0 Å². The standard InChI is InChI=1S/C12H20ClN3/c1-7-4-5-10(8(2)6-7)16-12(14)11(13)9(3)15-16/h7-8,10H,4-6,14H2,1-3H3. The van der Waals surface area contributed by atoms with Crippen molar-refractivity contribution in [1.29, 1.82) is 0 Å². The lowest BCUT2D eigenvalue weighted by Crippen LogP contribution is -2.26. The summed E-state index contributed by atoms with van der Waals surface area (Å²) in [6.07, 6.45) is 3.66. The highest BCUT2D eigenvalue weighted by molar-refractivity contribution is 6.33. The van der Waals surface area contributed by atoms with Crippen molar-refractivity contribution in [2.45, 2.75) is 46.1 Å². The topological polar surface area (TPSA) is 43.8 Å². The lowest BCUT2D eigenvalue weighted by atomic mass is 9.80. The molecule has 90 valence electrons. The monoisotopic (exact) mass is 241 g/mol. The Kier molecular flexibility index (Phi) is 3.15. The van der Waals surface area contributed by atoms with Crippen LogP contribution in [0.5, 0.6) is 0 Å². The van der Waals surface area contributed by atoms with Crippen molar-refractivity contribution < 1.29 is 0 Å². The summed E-state index contributed by atoms with van der Waals surface area (Å²) in [5, 5.41) is 5.09. The van der Waals surface area contributed by atoms with Crippen molar-refractivity contribution >= 4 is 17.4 Å². The second-order valence-corrected chi connectivity index (χ2v) is 5.57. The Bertz CT molecular complexity index is 386. The van der Waals surface area contributed by atoms with Crippen LogP contribution in [0.4, 0.5) is 5.82 Å². The summed E-state index contributed by atoms with van der Waals surface area (Å²) in [6, 6.07) is 0.419. The van der Waals surface area contributed by atoms with Crippen molar-refractivity contribution in [3.63, 3.8) is 0 Å². The maximum Gasteiger partial charge on any atom is 0.141 e. The van der Waals surface area contributed by atoms with Crippen LogP contribution < -0.4 is 5.73 Å². The average Bonchev–Trinajstić information content (AvgIpc) is 2.46. The fourth-order valence-corrected chi connectivity index (χ4v) is 2.94. The Morgan fingerprint density at radius 3 is 2.56 bits per heavy atom. The summed E-state index contributed by atoms with van der Waals surface area (Å²) in [4.78, 5) is 0. The lowest BCUT2D eigenvalue weighted by molar-refractivity contribution is 0.197. The Hall–Kier alpha value is -0.700. The van der Waals surface area contributed by atoms with E-state index in [4.69, 9.17) is 17.3 Å². The first-order chi connectivity index (χ1) is 7.50. The molecule has 0 bridgehead atoms. The molecule has 1 aromatic rings. The Morgan fingerprint density at radius 2 is 2.06 bits per heavy atom. The van der Waals surface area contributed by atoms with Crippen molar-refractivity contribution in [3.8, 4) is 0 Å². The van der Waals surface area contributed by atoms with Crippen LogP contribution in [0.25, 0.3) is 0 Å². The molecule has 1 saturated carbocycles. The van der Waals surface area contributed by atoms with E-state index < -0.39 is 0 Å². The summed E-state index contributed by atoms with van der Waals surface area (Å²) >= 11 is 6.09. The Morgan fingerprint density at radius 1 is 1.38 bits per heavy atom. The lowest BCUT2D eigenvalue weighted by Gasteiger charge is -2.33. The molecule has 0 aliphatic heterocycles. The summed E-state index contributed by atoms with van der Waals surface area (Å²) in [5.41, 5.74) is 6.84. The van der Waals surface area contributed by atoms with Gasteiger partial charge in [-0.25, -0.2) is 4.68 Å². The van der Waals surface area contributed by atoms with Gasteiger partial charge in [0.15, 0.2) is 0 Å². The minimum Gasteiger partial charge on any atom is -0.383 e. The van der Waals surface area contributed by atoms with Gasteiger partial charge in [0.25, 0.3) is 0 Å². The van der Waals surface area contributed by atoms with Crippen LogP contribution in [0.15, 0.2) is 0 Å². The van der Waals surface area contributed by atoms with Gasteiger partial charge < -0.3 is 5.73 Å². The van der Waals surface area contributed by atoms with Crippen molar-refractivity contribution in [3.05, 3.63) is 10.7 Å². The van der Waals surface area contributed by atoms with E-state index in [0.29, 0.717) is 22.8 Å². The second-order valence-electron chi connectivity index (χ2n) is 5.19. The SMILES string of the molecule is Cc1nn(C2CCC(C)CC2C)c(N)c1Cl. The fraction of sp³-hybridized carbons (Fsp3) is 0.750. The first-order valence-electron chi connectivity index (χ1n) is 6.00. The maximum absolute atomic E-state index is 6.09. The van der Waals surface area contributed by atoms with E-state index in [2.05, 4.69) is 18.9 Å². The minimum absolute atomic E-state index is 0.419. The van der Waals surface area contributed by atoms with Gasteiger partial charge in [0.1, 0.15) is 10.8 Å². The normalized spacial score (nSPS) is 30.6. The number of hydrogen-bond acceptors (Lipinski definition) is 2. The zero-order valence-corrected chi connectivity index (χ0v) is 11.0. The number of hydrogen-bond donors (Lipinski definition) is 1. The Labute approximate surface area is 102 Å². The number of nitrogens with two attached hydrogens (primary N) is 1. The van der Waals surface area contributed by atoms with Gasteiger partial charge in [0, 0.05) is 0 Å². The number of rotatable bonds is 1. The van der Waals surface area contributed by atoms with E-state index in [1.807, 2.05) is 11.6 Å². The van der Waals surface area contributed by atoms with Crippen LogP contribution in [0, 0.1) is 18.8 Å². The number of nitrogen functional groups attached to an aromatic ring is 1. The molecule has 3 nitrogen and oxygen atoms in total. The third kappa shape index (κ3) is 1.93. The molecule has 0 radical (unpaired) electrons. The summed E-state index contributed by atoms with van der Waals surface area (Å²) in [7, 11) is 0. The van der Waals surface area contributed by atoms with Crippen LogP contribution in [0.2, 0.25) is 5.02 Å². The molecule has 3 atom stereocenters. The van der Waals surface area contributed by atoms with Crippen LogP contribution in [0.3, 0.4) is 0 Å². The largest absolute Gasteiger partial charge is 0.383 e. The van der Waals surface area contributed by atoms with Crippen molar-refractivity contribution in [2.75, 3.05) is 5.73 Å². The summed E-state index contributed by atoms with van der Waals surface area (Å²) < 4.78 is 1.94. The van der Waals surface area contributed by atoms with Gasteiger partial charge in [-0.15, -0.1) is 0 Å². The molecule has 0 saturated heterocycles. The zero-order valence-electron chi connectivity index (χ0n) is 10.2. The summed E-state index contributed by atoms with van der Waals surface area (Å²) in [5.74, 6) is 2.08. The third-order valence-electron chi connectivity index (χ3n) is 3.75. The molecule has 3 unspecified atom stereocenters. The first kappa shape index (κ1) is 11.8. The second kappa shape index (κ2) is 4.28. The smallest absolute Gasteiger partial charge is 0.141 e. The number of aromatic nitrogens is 2. The van der Waals surface area contributed by atoms with E-state index in [1.165, 1.54) is 12.8 Å². The van der Waals surface area contributed by atoms with Gasteiger partial charge in [-0.1, -0.05) is 25.4 Å². The maximum atomic E-state index is 6.09. The highest BCUT2D eigenvalue weighted by Crippen LogP contribution is 2.39. The molecule has 1 aliphatic rings. The number of aryl methyl sites for hydroxylation is 1. The quantitative estimate of drug-likeness (QED) is 0.819. The molecule has 0 amide bonds. The average molecular weight is 242 g/mol. The molecule has 1 aromatic heterocycles. The molecular formula is C12H20ClN3. The van der Waals surface area contributed by atoms with Gasteiger partial charge in [-0.05, 0) is 38.0 Å². The highest BCUT2D eigenvalue weighted by atomic mass is 35.5. The number of nitrogens with zero attached hydrogens (tertiary/aromatic N) is 2. The highest BCUT2D eigenvalue weighted by Gasteiger charge is 2.29. The molecule has 0 aromatic carbocycles.